The van der Waals surface area contributed by atoms with Gasteiger partial charge in [0.1, 0.15) is 17.2 Å². The molecule has 2 aliphatic rings. The molecule has 0 saturated carbocycles. The van der Waals surface area contributed by atoms with Crippen LogP contribution in [0.25, 0.3) is 32.3 Å². The van der Waals surface area contributed by atoms with Gasteiger partial charge in [-0.15, -0.1) is 0 Å². The van der Waals surface area contributed by atoms with E-state index in [0.717, 1.165) is 45.7 Å². The quantitative estimate of drug-likeness (QED) is 0.157. The lowest BCUT2D eigenvalue weighted by molar-refractivity contribution is 0.481. The van der Waals surface area contributed by atoms with E-state index in [1.165, 1.54) is 48.6 Å². The van der Waals surface area contributed by atoms with Gasteiger partial charge in [0.15, 0.2) is 0 Å². The van der Waals surface area contributed by atoms with Gasteiger partial charge in [-0.2, -0.15) is 0 Å². The van der Waals surface area contributed by atoms with Gasteiger partial charge in [0.25, 0.3) is 0 Å². The fraction of sp³-hybridized carbons (Fsp3) is 0.333. The Morgan fingerprint density at radius 2 is 0.807 bits per heavy atom. The van der Waals surface area contributed by atoms with Crippen molar-refractivity contribution in [3.05, 3.63) is 163 Å². The van der Waals surface area contributed by atoms with Gasteiger partial charge in [-0.1, -0.05) is 216 Å². The van der Waals surface area contributed by atoms with Crippen LogP contribution in [0.1, 0.15) is 106 Å². The second kappa shape index (κ2) is 29.0. The average Bonchev–Trinajstić information content (AvgIpc) is 3.95. The van der Waals surface area contributed by atoms with E-state index >= 15 is 0 Å². The fourth-order valence-electron chi connectivity index (χ4n) is 6.27. The minimum atomic E-state index is 0. The van der Waals surface area contributed by atoms with Crippen LogP contribution >= 0.6 is 0 Å². The molecule has 0 radical (unpaired) electrons. The van der Waals surface area contributed by atoms with Crippen LogP contribution in [-0.2, 0) is 12.8 Å². The number of benzene rings is 6. The maximum Gasteiger partial charge on any atom is 0.123 e. The lowest BCUT2D eigenvalue weighted by atomic mass is 9.93. The van der Waals surface area contributed by atoms with E-state index < -0.39 is 0 Å². The summed E-state index contributed by atoms with van der Waals surface area (Å²) in [6.07, 6.45) is 21.4. The first-order valence-corrected chi connectivity index (χ1v) is 20.9. The van der Waals surface area contributed by atoms with Crippen LogP contribution in [0.3, 0.4) is 0 Å². The van der Waals surface area contributed by atoms with Gasteiger partial charge in [-0.25, -0.2) is 0 Å². The van der Waals surface area contributed by atoms with Crippen molar-refractivity contribution < 1.29 is 15.3 Å². The smallest absolute Gasteiger partial charge is 0.123 e. The van der Waals surface area contributed by atoms with Crippen LogP contribution in [0.2, 0.25) is 0 Å². The Kier molecular flexibility index (Phi) is 25.3. The molecule has 0 bridgehead atoms. The minimum absolute atomic E-state index is 0. The molecule has 2 aliphatic carbocycles. The van der Waals surface area contributed by atoms with Gasteiger partial charge in [0.2, 0.25) is 0 Å². The maximum absolute atomic E-state index is 9.84. The normalized spacial score (nSPS) is 12.1. The monoisotopic (exact) mass is 769 g/mol. The molecular weight excluding hydrogens is 697 g/mol. The molecule has 0 atom stereocenters. The molecule has 0 aliphatic heterocycles. The second-order valence-corrected chi connectivity index (χ2v) is 13.8. The highest BCUT2D eigenvalue weighted by Crippen LogP contribution is 2.32. The summed E-state index contributed by atoms with van der Waals surface area (Å²) in [7, 11) is 0. The molecule has 3 nitrogen and oxygen atoms in total. The third-order valence-electron chi connectivity index (χ3n) is 8.65. The van der Waals surface area contributed by atoms with Crippen molar-refractivity contribution in [3.8, 4) is 17.2 Å². The predicted molar refractivity (Wildman–Crippen MR) is 254 cm³/mol. The lowest BCUT2D eigenvalue weighted by Crippen LogP contribution is -1.99. The van der Waals surface area contributed by atoms with E-state index in [1.54, 1.807) is 12.1 Å². The van der Waals surface area contributed by atoms with Crippen molar-refractivity contribution in [2.45, 2.75) is 108 Å². The molecule has 8 rings (SSSR count). The van der Waals surface area contributed by atoms with Crippen molar-refractivity contribution in [2.24, 2.45) is 11.8 Å². The fourth-order valence-corrected chi connectivity index (χ4v) is 6.27. The topological polar surface area (TPSA) is 60.7 Å². The summed E-state index contributed by atoms with van der Waals surface area (Å²) in [4.78, 5) is 0. The van der Waals surface area contributed by atoms with Gasteiger partial charge in [0, 0.05) is 16.2 Å². The Morgan fingerprint density at radius 1 is 0.439 bits per heavy atom. The summed E-state index contributed by atoms with van der Waals surface area (Å²) < 4.78 is 0. The molecule has 0 saturated heterocycles. The van der Waals surface area contributed by atoms with Crippen molar-refractivity contribution in [2.75, 3.05) is 0 Å². The average molecular weight is 769 g/mol. The molecule has 0 amide bonds. The molecule has 0 fully saturated rings. The first-order valence-electron chi connectivity index (χ1n) is 20.9. The Labute approximate surface area is 346 Å². The molecule has 0 unspecified atom stereocenters. The van der Waals surface area contributed by atoms with E-state index in [9.17, 15) is 15.3 Å². The molecule has 0 spiro atoms. The number of hydrogen-bond acceptors (Lipinski definition) is 3. The summed E-state index contributed by atoms with van der Waals surface area (Å²) >= 11 is 0. The van der Waals surface area contributed by atoms with E-state index in [2.05, 4.69) is 96.2 Å². The summed E-state index contributed by atoms with van der Waals surface area (Å²) in [5.41, 5.74) is 2.65. The predicted octanol–water partition coefficient (Wildman–Crippen LogP) is 16.3. The van der Waals surface area contributed by atoms with Crippen LogP contribution < -0.4 is 0 Å². The minimum Gasteiger partial charge on any atom is -0.507 e. The third-order valence-corrected chi connectivity index (χ3v) is 8.65. The third kappa shape index (κ3) is 16.4. The van der Waals surface area contributed by atoms with E-state index in [4.69, 9.17) is 0 Å². The van der Waals surface area contributed by atoms with Gasteiger partial charge in [-0.3, -0.25) is 0 Å². The Hall–Kier alpha value is -5.28. The van der Waals surface area contributed by atoms with Crippen molar-refractivity contribution in [1.29, 1.82) is 0 Å². The summed E-state index contributed by atoms with van der Waals surface area (Å²) in [6.45, 7) is 16.8. The first-order chi connectivity index (χ1) is 27.3. The Bertz CT molecular complexity index is 2040. The van der Waals surface area contributed by atoms with E-state index in [1.807, 2.05) is 98.8 Å². The molecule has 6 aromatic carbocycles. The number of phenolic OH excluding ortho intramolecular Hbond substituents is 3. The van der Waals surface area contributed by atoms with Gasteiger partial charge < -0.3 is 15.3 Å². The Balaban J connectivity index is 0.000000382. The highest BCUT2D eigenvalue weighted by atomic mass is 16.3. The van der Waals surface area contributed by atoms with Crippen LogP contribution in [0.4, 0.5) is 0 Å². The number of hydrogen-bond donors (Lipinski definition) is 3. The van der Waals surface area contributed by atoms with Crippen LogP contribution in [-0.4, -0.2) is 15.3 Å². The SMILES string of the molecule is C.CC.CCC.CCC.CCC.Oc1ccc(CC2C=CC=C2)c2ccccc12.Oc1ccc(CC2CC=CC2)c2ccccc12.Oc1cccc2ccccc12. The largest absolute Gasteiger partial charge is 0.507 e. The number of fused-ring (bicyclic) bond motifs is 3. The lowest BCUT2D eigenvalue weighted by Gasteiger charge is -2.12. The second-order valence-electron chi connectivity index (χ2n) is 13.8. The van der Waals surface area contributed by atoms with Gasteiger partial charge in [-0.05, 0) is 83.0 Å². The zero-order valence-corrected chi connectivity index (χ0v) is 35.4. The van der Waals surface area contributed by atoms with E-state index in [-0.39, 0.29) is 7.43 Å². The molecular formula is C54H72O3. The molecule has 3 heteroatoms. The van der Waals surface area contributed by atoms with Crippen molar-refractivity contribution in [1.82, 2.24) is 0 Å². The summed E-state index contributed by atoms with van der Waals surface area (Å²) in [5, 5.41) is 35.3. The van der Waals surface area contributed by atoms with Crippen molar-refractivity contribution in [3.63, 3.8) is 0 Å². The molecule has 0 heterocycles. The standard InChI is InChI=1S/C16H16O.C16H14O.C10H8O.3C3H8.C2H6.CH4/c2*17-16-10-9-13(11-12-5-1-2-6-12)14-7-3-4-8-15(14)16;11-10-7-3-5-8-4-1-2-6-9(8)10;3*1-3-2;1-2;/h1-4,7-10,12,17H,5-6,11H2;1-10,12,17H,11H2;1-7,11H;3*3H2,1-2H3;1-2H3;1H4. The number of allylic oxidation sites excluding steroid dienone is 6. The molecule has 6 aromatic rings. The highest BCUT2D eigenvalue weighted by molar-refractivity contribution is 5.91. The Morgan fingerprint density at radius 3 is 1.26 bits per heavy atom. The molecule has 0 aromatic heterocycles. The van der Waals surface area contributed by atoms with Gasteiger partial charge in [0.05, 0.1) is 0 Å². The van der Waals surface area contributed by atoms with Crippen molar-refractivity contribution >= 4 is 32.3 Å². The summed E-state index contributed by atoms with van der Waals surface area (Å²) in [5.74, 6) is 2.32. The number of rotatable bonds is 4. The number of phenols is 3. The number of aromatic hydroxyl groups is 3. The maximum atomic E-state index is 9.84. The first kappa shape index (κ1) is 49.7. The van der Waals surface area contributed by atoms with E-state index in [0.29, 0.717) is 23.2 Å². The van der Waals surface area contributed by atoms with Crippen LogP contribution in [0.15, 0.2) is 152 Å². The zero-order valence-electron chi connectivity index (χ0n) is 35.4. The van der Waals surface area contributed by atoms with Crippen LogP contribution in [0, 0.1) is 11.8 Å². The summed E-state index contributed by atoms with van der Waals surface area (Å²) in [6, 6.07) is 37.1. The molecule has 306 valence electrons. The molecule has 3 N–H and O–H groups in total. The van der Waals surface area contributed by atoms with Crippen LogP contribution in [0.5, 0.6) is 17.2 Å². The van der Waals surface area contributed by atoms with Gasteiger partial charge >= 0.3 is 0 Å². The zero-order chi connectivity index (χ0) is 41.1. The molecule has 57 heavy (non-hydrogen) atoms. The highest BCUT2D eigenvalue weighted by Gasteiger charge is 2.14.